The first-order chi connectivity index (χ1) is 9.01. The van der Waals surface area contributed by atoms with Crippen LogP contribution in [-0.2, 0) is 10.3 Å². The zero-order chi connectivity index (χ0) is 13.9. The van der Waals surface area contributed by atoms with Gasteiger partial charge in [-0.2, -0.15) is 0 Å². The predicted octanol–water partition coefficient (Wildman–Crippen LogP) is 1.44. The molecular weight excluding hydrogens is 306 g/mol. The van der Waals surface area contributed by atoms with Crippen molar-refractivity contribution in [3.8, 4) is 0 Å². The first-order valence-corrected chi connectivity index (χ1v) is 7.36. The van der Waals surface area contributed by atoms with Crippen LogP contribution in [0.5, 0.6) is 0 Å². The monoisotopic (exact) mass is 325 g/mol. The number of nitrogens with one attached hydrogen (secondary N) is 1. The second kappa shape index (κ2) is 6.03. The van der Waals surface area contributed by atoms with E-state index < -0.39 is 5.54 Å². The fourth-order valence-corrected chi connectivity index (χ4v) is 2.56. The van der Waals surface area contributed by atoms with Crippen molar-refractivity contribution in [2.45, 2.75) is 18.9 Å². The van der Waals surface area contributed by atoms with Crippen molar-refractivity contribution in [1.29, 1.82) is 0 Å². The van der Waals surface area contributed by atoms with Gasteiger partial charge in [-0.3, -0.25) is 4.79 Å². The predicted molar refractivity (Wildman–Crippen MR) is 79.7 cm³/mol. The summed E-state index contributed by atoms with van der Waals surface area (Å²) in [7, 11) is 0. The maximum atomic E-state index is 12.6. The molecule has 1 aliphatic rings. The van der Waals surface area contributed by atoms with Crippen molar-refractivity contribution in [2.75, 3.05) is 26.2 Å². The van der Waals surface area contributed by atoms with E-state index in [1.807, 2.05) is 29.2 Å². The zero-order valence-electron chi connectivity index (χ0n) is 11.2. The van der Waals surface area contributed by atoms with E-state index in [0.717, 1.165) is 42.6 Å². The molecule has 1 fully saturated rings. The van der Waals surface area contributed by atoms with Crippen molar-refractivity contribution in [3.63, 3.8) is 0 Å². The van der Waals surface area contributed by atoms with E-state index in [0.29, 0.717) is 0 Å². The number of amides is 1. The summed E-state index contributed by atoms with van der Waals surface area (Å²) in [5.41, 5.74) is 6.16. The number of carbonyl (C=O) groups is 1. The second-order valence-electron chi connectivity index (χ2n) is 5.10. The number of rotatable bonds is 2. The maximum absolute atomic E-state index is 12.6. The molecule has 1 amide bonds. The first kappa shape index (κ1) is 14.5. The van der Waals surface area contributed by atoms with Gasteiger partial charge < -0.3 is 16.0 Å². The highest BCUT2D eigenvalue weighted by Crippen LogP contribution is 2.23. The van der Waals surface area contributed by atoms with Gasteiger partial charge in [0.1, 0.15) is 5.54 Å². The van der Waals surface area contributed by atoms with E-state index in [9.17, 15) is 4.79 Å². The summed E-state index contributed by atoms with van der Waals surface area (Å²) in [5, 5.41) is 3.29. The van der Waals surface area contributed by atoms with Crippen LogP contribution in [0.4, 0.5) is 0 Å². The molecule has 0 aromatic heterocycles. The minimum Gasteiger partial charge on any atom is -0.339 e. The number of hydrogen-bond donors (Lipinski definition) is 2. The Labute approximate surface area is 122 Å². The molecule has 3 N–H and O–H groups in total. The molecule has 19 heavy (non-hydrogen) atoms. The lowest BCUT2D eigenvalue weighted by Crippen LogP contribution is -2.51. The Morgan fingerprint density at radius 2 is 2.00 bits per heavy atom. The molecule has 1 heterocycles. The Balaban J connectivity index is 2.17. The lowest BCUT2D eigenvalue weighted by Gasteiger charge is -2.31. The Morgan fingerprint density at radius 3 is 2.68 bits per heavy atom. The van der Waals surface area contributed by atoms with Gasteiger partial charge in [0, 0.05) is 24.1 Å². The van der Waals surface area contributed by atoms with Crippen LogP contribution >= 0.6 is 15.9 Å². The Morgan fingerprint density at radius 1 is 1.32 bits per heavy atom. The van der Waals surface area contributed by atoms with Crippen LogP contribution in [0.15, 0.2) is 28.7 Å². The summed E-state index contributed by atoms with van der Waals surface area (Å²) in [5.74, 6) is -0.00137. The van der Waals surface area contributed by atoms with Gasteiger partial charge in [-0.05, 0) is 37.6 Å². The molecule has 4 nitrogen and oxygen atoms in total. The summed E-state index contributed by atoms with van der Waals surface area (Å²) < 4.78 is 0.985. The highest BCUT2D eigenvalue weighted by atomic mass is 79.9. The average Bonchev–Trinajstić information content (AvgIpc) is 2.67. The van der Waals surface area contributed by atoms with Crippen LogP contribution in [0.1, 0.15) is 18.9 Å². The third kappa shape index (κ3) is 3.35. The molecule has 1 aliphatic heterocycles. The van der Waals surface area contributed by atoms with Crippen molar-refractivity contribution in [1.82, 2.24) is 10.2 Å². The molecule has 0 bridgehead atoms. The number of nitrogens with two attached hydrogens (primary N) is 1. The minimum absolute atomic E-state index is 0.00137. The molecule has 5 heteroatoms. The molecule has 1 atom stereocenters. The van der Waals surface area contributed by atoms with Crippen molar-refractivity contribution in [2.24, 2.45) is 5.73 Å². The lowest BCUT2D eigenvalue weighted by atomic mass is 9.91. The van der Waals surface area contributed by atoms with Gasteiger partial charge in [-0.25, -0.2) is 0 Å². The molecule has 1 unspecified atom stereocenters. The van der Waals surface area contributed by atoms with E-state index in [4.69, 9.17) is 5.73 Å². The van der Waals surface area contributed by atoms with E-state index >= 15 is 0 Å². The lowest BCUT2D eigenvalue weighted by molar-refractivity contribution is -0.136. The van der Waals surface area contributed by atoms with Crippen LogP contribution in [0.3, 0.4) is 0 Å². The van der Waals surface area contributed by atoms with Crippen molar-refractivity contribution in [3.05, 3.63) is 34.3 Å². The molecular formula is C14H20BrN3O. The summed E-state index contributed by atoms with van der Waals surface area (Å²) >= 11 is 3.39. The number of hydrogen-bond acceptors (Lipinski definition) is 3. The molecule has 2 rings (SSSR count). The van der Waals surface area contributed by atoms with Gasteiger partial charge in [0.15, 0.2) is 0 Å². The molecule has 0 saturated carbocycles. The van der Waals surface area contributed by atoms with Crippen LogP contribution in [0.25, 0.3) is 0 Å². The molecule has 104 valence electrons. The molecule has 1 aromatic carbocycles. The van der Waals surface area contributed by atoms with Crippen LogP contribution in [-0.4, -0.2) is 37.0 Å². The Kier molecular flexibility index (Phi) is 4.60. The second-order valence-corrected chi connectivity index (χ2v) is 6.02. The quantitative estimate of drug-likeness (QED) is 0.865. The normalized spacial score (nSPS) is 19.6. The van der Waals surface area contributed by atoms with E-state index in [1.165, 1.54) is 0 Å². The largest absolute Gasteiger partial charge is 0.339 e. The Hall–Kier alpha value is -0.910. The standard InChI is InChI=1S/C14H20BrN3O/c1-14(16,11-3-5-12(15)6-4-11)13(19)18-9-2-7-17-8-10-18/h3-6,17H,2,7-10,16H2,1H3. The van der Waals surface area contributed by atoms with E-state index in [2.05, 4.69) is 21.2 Å². The van der Waals surface area contributed by atoms with Gasteiger partial charge in [0.2, 0.25) is 5.91 Å². The third-order valence-corrected chi connectivity index (χ3v) is 4.04. The molecule has 1 aromatic rings. The van der Waals surface area contributed by atoms with Crippen LogP contribution in [0.2, 0.25) is 0 Å². The van der Waals surface area contributed by atoms with Gasteiger partial charge in [0.25, 0.3) is 0 Å². The Bertz CT molecular complexity index is 437. The average molecular weight is 326 g/mol. The maximum Gasteiger partial charge on any atom is 0.247 e. The van der Waals surface area contributed by atoms with E-state index in [1.54, 1.807) is 6.92 Å². The molecule has 0 spiro atoms. The molecule has 1 saturated heterocycles. The highest BCUT2D eigenvalue weighted by Gasteiger charge is 2.34. The van der Waals surface area contributed by atoms with Gasteiger partial charge in [0.05, 0.1) is 0 Å². The van der Waals surface area contributed by atoms with Gasteiger partial charge in [-0.15, -0.1) is 0 Å². The number of benzene rings is 1. The van der Waals surface area contributed by atoms with Gasteiger partial charge in [-0.1, -0.05) is 28.1 Å². The fourth-order valence-electron chi connectivity index (χ4n) is 2.30. The first-order valence-electron chi connectivity index (χ1n) is 6.57. The van der Waals surface area contributed by atoms with E-state index in [-0.39, 0.29) is 5.91 Å². The summed E-state index contributed by atoms with van der Waals surface area (Å²) in [6.07, 6.45) is 0.974. The number of nitrogens with zero attached hydrogens (tertiary/aromatic N) is 1. The topological polar surface area (TPSA) is 58.4 Å². The van der Waals surface area contributed by atoms with Gasteiger partial charge >= 0.3 is 0 Å². The van der Waals surface area contributed by atoms with Crippen LogP contribution < -0.4 is 11.1 Å². The van der Waals surface area contributed by atoms with Crippen LogP contribution in [0, 0.1) is 0 Å². The summed E-state index contributed by atoms with van der Waals surface area (Å²) in [6, 6.07) is 7.63. The fraction of sp³-hybridized carbons (Fsp3) is 0.500. The van der Waals surface area contributed by atoms with Crippen molar-refractivity contribution < 1.29 is 4.79 Å². The van der Waals surface area contributed by atoms with Crippen molar-refractivity contribution >= 4 is 21.8 Å². The summed E-state index contributed by atoms with van der Waals surface area (Å²) in [4.78, 5) is 14.5. The molecule has 0 radical (unpaired) electrons. The minimum atomic E-state index is -0.967. The molecule has 0 aliphatic carbocycles. The summed E-state index contributed by atoms with van der Waals surface area (Å²) in [6.45, 7) is 5.08. The number of halogens is 1. The zero-order valence-corrected chi connectivity index (χ0v) is 12.7. The number of carbonyl (C=O) groups excluding carboxylic acids is 1. The SMILES string of the molecule is CC(N)(C(=O)N1CCCNCC1)c1ccc(Br)cc1. The third-order valence-electron chi connectivity index (χ3n) is 3.52. The highest BCUT2D eigenvalue weighted by molar-refractivity contribution is 9.10. The smallest absolute Gasteiger partial charge is 0.247 e.